The molecule has 0 spiro atoms. The summed E-state index contributed by atoms with van der Waals surface area (Å²) in [7, 11) is 1.77. The van der Waals surface area contributed by atoms with Crippen LogP contribution in [0.25, 0.3) is 21.9 Å². The highest BCUT2D eigenvalue weighted by molar-refractivity contribution is 5.96. The predicted octanol–water partition coefficient (Wildman–Crippen LogP) is 3.82. The van der Waals surface area contributed by atoms with Gasteiger partial charge in [0.05, 0.1) is 11.1 Å². The van der Waals surface area contributed by atoms with Crippen molar-refractivity contribution in [3.05, 3.63) is 77.7 Å². The van der Waals surface area contributed by atoms with Crippen molar-refractivity contribution in [2.75, 3.05) is 20.1 Å². The Hall–Kier alpha value is -3.22. The minimum absolute atomic E-state index is 0.181. The molecule has 6 heteroatoms. The summed E-state index contributed by atoms with van der Waals surface area (Å²) in [4.78, 5) is 19.1. The van der Waals surface area contributed by atoms with E-state index in [4.69, 9.17) is 4.42 Å². The molecular formula is C25H25N3O3. The second kappa shape index (κ2) is 7.80. The second-order valence-corrected chi connectivity index (χ2v) is 8.29. The normalized spacial score (nSPS) is 15.9. The zero-order valence-electron chi connectivity index (χ0n) is 17.5. The zero-order chi connectivity index (χ0) is 21.4. The van der Waals surface area contributed by atoms with Crippen LogP contribution in [-0.4, -0.2) is 41.0 Å². The van der Waals surface area contributed by atoms with Crippen molar-refractivity contribution in [1.29, 1.82) is 0 Å². The van der Waals surface area contributed by atoms with Gasteiger partial charge in [0, 0.05) is 30.6 Å². The number of carbonyl (C=O) groups is 1. The molecule has 2 aromatic heterocycles. The summed E-state index contributed by atoms with van der Waals surface area (Å²) < 4.78 is 5.85. The highest BCUT2D eigenvalue weighted by Crippen LogP contribution is 2.33. The summed E-state index contributed by atoms with van der Waals surface area (Å²) in [6.07, 6.45) is 3.11. The molecule has 6 nitrogen and oxygen atoms in total. The minimum Gasteiger partial charge on any atom is -0.451 e. The fourth-order valence-corrected chi connectivity index (χ4v) is 4.39. The minimum atomic E-state index is -0.833. The van der Waals surface area contributed by atoms with Crippen molar-refractivity contribution >= 4 is 27.8 Å². The Morgan fingerprint density at radius 2 is 2.00 bits per heavy atom. The topological polar surface area (TPSA) is 78.6 Å². The van der Waals surface area contributed by atoms with Crippen molar-refractivity contribution in [2.24, 2.45) is 0 Å². The van der Waals surface area contributed by atoms with Gasteiger partial charge in [0.15, 0.2) is 5.76 Å². The monoisotopic (exact) mass is 415 g/mol. The summed E-state index contributed by atoms with van der Waals surface area (Å²) in [5, 5.41) is 16.1. The third-order valence-electron chi connectivity index (χ3n) is 6.19. The van der Waals surface area contributed by atoms with Crippen LogP contribution in [0.2, 0.25) is 0 Å². The van der Waals surface area contributed by atoms with Crippen LogP contribution in [-0.2, 0) is 12.1 Å². The molecule has 3 heterocycles. The number of aliphatic hydroxyl groups is 1. The van der Waals surface area contributed by atoms with Crippen LogP contribution in [0.4, 0.5) is 0 Å². The van der Waals surface area contributed by atoms with E-state index in [9.17, 15) is 9.90 Å². The Morgan fingerprint density at radius 3 is 2.84 bits per heavy atom. The molecule has 0 bridgehead atoms. The Balaban J connectivity index is 1.40. The van der Waals surface area contributed by atoms with Gasteiger partial charge in [-0.2, -0.15) is 0 Å². The van der Waals surface area contributed by atoms with Gasteiger partial charge in [-0.1, -0.05) is 24.3 Å². The molecule has 2 aromatic carbocycles. The lowest BCUT2D eigenvalue weighted by molar-refractivity contribution is 0.00605. The van der Waals surface area contributed by atoms with Gasteiger partial charge in [-0.3, -0.25) is 9.78 Å². The Bertz CT molecular complexity index is 1250. The maximum atomic E-state index is 13.1. The number of aromatic nitrogens is 1. The third kappa shape index (κ3) is 3.69. The van der Waals surface area contributed by atoms with Crippen molar-refractivity contribution in [1.82, 2.24) is 15.2 Å². The molecule has 0 saturated carbocycles. The van der Waals surface area contributed by atoms with Crippen molar-refractivity contribution in [3.63, 3.8) is 0 Å². The molecule has 5 rings (SSSR count). The van der Waals surface area contributed by atoms with E-state index < -0.39 is 5.60 Å². The van der Waals surface area contributed by atoms with Crippen molar-refractivity contribution in [3.8, 4) is 0 Å². The molecule has 1 fully saturated rings. The summed E-state index contributed by atoms with van der Waals surface area (Å²) in [5.41, 5.74) is 2.63. The van der Waals surface area contributed by atoms with E-state index in [2.05, 4.69) is 10.3 Å². The van der Waals surface area contributed by atoms with E-state index in [-0.39, 0.29) is 5.91 Å². The fourth-order valence-electron chi connectivity index (χ4n) is 4.39. The number of benzene rings is 2. The SMILES string of the molecule is CN(Cc1cccc2ncccc12)C(=O)c1cc2cc(C3(O)CCNCC3)ccc2o1. The van der Waals surface area contributed by atoms with Crippen LogP contribution in [0.3, 0.4) is 0 Å². The number of pyridine rings is 1. The van der Waals surface area contributed by atoms with Crippen LogP contribution < -0.4 is 5.32 Å². The highest BCUT2D eigenvalue weighted by Gasteiger charge is 2.31. The largest absolute Gasteiger partial charge is 0.451 e. The maximum absolute atomic E-state index is 13.1. The van der Waals surface area contributed by atoms with E-state index >= 15 is 0 Å². The summed E-state index contributed by atoms with van der Waals surface area (Å²) >= 11 is 0. The first-order chi connectivity index (χ1) is 15.0. The van der Waals surface area contributed by atoms with Gasteiger partial charge in [0.25, 0.3) is 5.91 Å². The molecule has 2 N–H and O–H groups in total. The molecule has 31 heavy (non-hydrogen) atoms. The summed E-state index contributed by atoms with van der Waals surface area (Å²) in [6, 6.07) is 17.3. The molecular weight excluding hydrogens is 390 g/mol. The molecule has 1 aliphatic heterocycles. The van der Waals surface area contributed by atoms with Gasteiger partial charge in [-0.25, -0.2) is 0 Å². The third-order valence-corrected chi connectivity index (χ3v) is 6.19. The smallest absolute Gasteiger partial charge is 0.289 e. The lowest BCUT2D eigenvalue weighted by Crippen LogP contribution is -2.39. The van der Waals surface area contributed by atoms with E-state index in [0.29, 0.717) is 30.7 Å². The molecule has 0 radical (unpaired) electrons. The van der Waals surface area contributed by atoms with E-state index in [1.54, 1.807) is 24.2 Å². The quantitative estimate of drug-likeness (QED) is 0.530. The molecule has 1 saturated heterocycles. The fraction of sp³-hybridized carbons (Fsp3) is 0.280. The molecule has 0 aliphatic carbocycles. The number of piperidine rings is 1. The molecule has 1 amide bonds. The number of nitrogens with zero attached hydrogens (tertiary/aromatic N) is 2. The average Bonchev–Trinajstić information content (AvgIpc) is 3.23. The molecule has 158 valence electrons. The van der Waals surface area contributed by atoms with Crippen molar-refractivity contribution < 1.29 is 14.3 Å². The number of fused-ring (bicyclic) bond motifs is 2. The number of amides is 1. The van der Waals surface area contributed by atoms with Gasteiger partial charge in [-0.15, -0.1) is 0 Å². The van der Waals surface area contributed by atoms with Crippen LogP contribution in [0, 0.1) is 0 Å². The molecule has 0 atom stereocenters. The van der Waals surface area contributed by atoms with Gasteiger partial charge in [0.1, 0.15) is 5.58 Å². The number of hydrogen-bond acceptors (Lipinski definition) is 5. The van der Waals surface area contributed by atoms with Crippen LogP contribution in [0.15, 0.2) is 65.2 Å². The number of hydrogen-bond donors (Lipinski definition) is 2. The highest BCUT2D eigenvalue weighted by atomic mass is 16.3. The number of furan rings is 1. The average molecular weight is 415 g/mol. The van der Waals surface area contributed by atoms with E-state index in [0.717, 1.165) is 40.5 Å². The first kappa shape index (κ1) is 19.7. The maximum Gasteiger partial charge on any atom is 0.289 e. The van der Waals surface area contributed by atoms with Crippen LogP contribution in [0.5, 0.6) is 0 Å². The lowest BCUT2D eigenvalue weighted by atomic mass is 9.85. The number of carbonyl (C=O) groups excluding carboxylic acids is 1. The molecule has 0 unspecified atom stereocenters. The van der Waals surface area contributed by atoms with Crippen molar-refractivity contribution in [2.45, 2.75) is 25.0 Å². The van der Waals surface area contributed by atoms with Crippen LogP contribution >= 0.6 is 0 Å². The van der Waals surface area contributed by atoms with Crippen LogP contribution in [0.1, 0.15) is 34.5 Å². The first-order valence-corrected chi connectivity index (χ1v) is 10.6. The first-order valence-electron chi connectivity index (χ1n) is 10.6. The Morgan fingerprint density at radius 1 is 1.16 bits per heavy atom. The van der Waals surface area contributed by atoms with Gasteiger partial charge in [-0.05, 0) is 67.4 Å². The Kier molecular flexibility index (Phi) is 4.96. The number of rotatable bonds is 4. The Labute approximate surface area is 180 Å². The second-order valence-electron chi connectivity index (χ2n) is 8.29. The standard InChI is InChI=1S/C25H25N3O3/c1-28(16-17-4-2-6-21-20(17)5-3-11-27-21)24(29)23-15-18-14-19(7-8-22(18)31-23)25(30)9-12-26-13-10-25/h2-8,11,14-15,26,30H,9-10,12-13,16H2,1H3. The molecule has 1 aliphatic rings. The predicted molar refractivity (Wildman–Crippen MR) is 120 cm³/mol. The summed E-state index contributed by atoms with van der Waals surface area (Å²) in [6.45, 7) is 2.03. The van der Waals surface area contributed by atoms with Gasteiger partial charge in [0.2, 0.25) is 0 Å². The van der Waals surface area contributed by atoms with E-state index in [1.165, 1.54) is 0 Å². The van der Waals surface area contributed by atoms with Gasteiger partial charge < -0.3 is 19.7 Å². The molecule has 4 aromatic rings. The lowest BCUT2D eigenvalue weighted by Gasteiger charge is -2.33. The zero-order valence-corrected chi connectivity index (χ0v) is 17.5. The van der Waals surface area contributed by atoms with Gasteiger partial charge >= 0.3 is 0 Å². The number of nitrogens with one attached hydrogen (secondary N) is 1. The summed E-state index contributed by atoms with van der Waals surface area (Å²) in [5.74, 6) is 0.115. The van der Waals surface area contributed by atoms with E-state index in [1.807, 2.05) is 48.5 Å².